The highest BCUT2D eigenvalue weighted by atomic mass is 79.9. The first-order valence-electron chi connectivity index (χ1n) is 5.37. The highest BCUT2D eigenvalue weighted by Gasteiger charge is 2.51. The van der Waals surface area contributed by atoms with E-state index in [1.165, 1.54) is 0 Å². The lowest BCUT2D eigenvalue weighted by Gasteiger charge is -2.21. The molecule has 0 aromatic heterocycles. The van der Waals surface area contributed by atoms with Gasteiger partial charge in [0.2, 0.25) is 5.91 Å². The molecule has 1 aliphatic rings. The third kappa shape index (κ3) is 2.72. The molecular formula is C11H20BrNO. The first-order valence-corrected chi connectivity index (χ1v) is 6.50. The summed E-state index contributed by atoms with van der Waals surface area (Å²) >= 11 is 3.39. The lowest BCUT2D eigenvalue weighted by atomic mass is 10.1. The summed E-state index contributed by atoms with van der Waals surface area (Å²) in [5, 5.41) is 0.977. The first kappa shape index (κ1) is 12.0. The third-order valence-corrected chi connectivity index (χ3v) is 3.63. The second-order valence-electron chi connectivity index (χ2n) is 4.71. The molecule has 3 heteroatoms. The maximum Gasteiger partial charge on any atom is 0.226 e. The Bertz CT molecular complexity index is 215. The summed E-state index contributed by atoms with van der Waals surface area (Å²) in [4.78, 5) is 14.0. The lowest BCUT2D eigenvalue weighted by Crippen LogP contribution is -2.34. The number of carbonyl (C=O) groups excluding carboxylic acids is 1. The Morgan fingerprint density at radius 1 is 1.57 bits per heavy atom. The molecule has 0 heterocycles. The van der Waals surface area contributed by atoms with Gasteiger partial charge in [-0.15, -0.1) is 0 Å². The summed E-state index contributed by atoms with van der Waals surface area (Å²) in [6.45, 7) is 8.15. The van der Waals surface area contributed by atoms with E-state index in [4.69, 9.17) is 0 Å². The van der Waals surface area contributed by atoms with Gasteiger partial charge in [-0.25, -0.2) is 0 Å². The summed E-state index contributed by atoms with van der Waals surface area (Å²) in [5.41, 5.74) is 0.263. The molecule has 1 atom stereocenters. The van der Waals surface area contributed by atoms with Crippen LogP contribution in [0, 0.1) is 11.3 Å². The van der Waals surface area contributed by atoms with Crippen molar-refractivity contribution in [3.63, 3.8) is 0 Å². The van der Waals surface area contributed by atoms with Crippen LogP contribution in [0.3, 0.4) is 0 Å². The quantitative estimate of drug-likeness (QED) is 0.697. The fourth-order valence-electron chi connectivity index (χ4n) is 1.78. The number of nitrogens with zero attached hydrogens (tertiary/aromatic N) is 1. The lowest BCUT2D eigenvalue weighted by molar-refractivity contribution is -0.133. The van der Waals surface area contributed by atoms with E-state index in [0.29, 0.717) is 5.91 Å². The number of amides is 1. The summed E-state index contributed by atoms with van der Waals surface area (Å²) in [5.74, 6) is 0.649. The van der Waals surface area contributed by atoms with Crippen LogP contribution < -0.4 is 0 Å². The molecular weight excluding hydrogens is 242 g/mol. The normalized spacial score (nSPS) is 23.3. The fraction of sp³-hybridized carbons (Fsp3) is 0.909. The largest absolute Gasteiger partial charge is 0.343 e. The molecule has 1 saturated carbocycles. The number of hydrogen-bond donors (Lipinski definition) is 0. The van der Waals surface area contributed by atoms with Gasteiger partial charge >= 0.3 is 0 Å². The molecule has 1 unspecified atom stereocenters. The summed E-state index contributed by atoms with van der Waals surface area (Å²) in [6.07, 6.45) is 2.11. The summed E-state index contributed by atoms with van der Waals surface area (Å²) in [7, 11) is 0. The van der Waals surface area contributed by atoms with E-state index >= 15 is 0 Å². The highest BCUT2D eigenvalue weighted by molar-refractivity contribution is 9.09. The van der Waals surface area contributed by atoms with Gasteiger partial charge in [-0.05, 0) is 25.2 Å². The van der Waals surface area contributed by atoms with Gasteiger partial charge in [0, 0.05) is 24.3 Å². The van der Waals surface area contributed by atoms with Gasteiger partial charge in [0.15, 0.2) is 0 Å². The second kappa shape index (κ2) is 4.65. The highest BCUT2D eigenvalue weighted by Crippen LogP contribution is 2.52. The monoisotopic (exact) mass is 261 g/mol. The summed E-state index contributed by atoms with van der Waals surface area (Å²) < 4.78 is 0. The minimum Gasteiger partial charge on any atom is -0.343 e. The fourth-order valence-corrected chi connectivity index (χ4v) is 2.03. The molecule has 0 aromatic carbocycles. The third-order valence-electron chi connectivity index (χ3n) is 3.07. The Balaban J connectivity index is 2.41. The molecule has 0 N–H and O–H groups in total. The number of hydrogen-bond acceptors (Lipinski definition) is 1. The zero-order valence-corrected chi connectivity index (χ0v) is 10.9. The van der Waals surface area contributed by atoms with E-state index in [0.717, 1.165) is 31.3 Å². The smallest absolute Gasteiger partial charge is 0.226 e. The van der Waals surface area contributed by atoms with Crippen LogP contribution in [0.15, 0.2) is 0 Å². The van der Waals surface area contributed by atoms with Crippen molar-refractivity contribution in [1.82, 2.24) is 4.90 Å². The van der Waals surface area contributed by atoms with Crippen molar-refractivity contribution in [2.24, 2.45) is 11.3 Å². The van der Waals surface area contributed by atoms with Crippen molar-refractivity contribution in [2.45, 2.75) is 33.6 Å². The SMILES string of the molecule is CCN(CCCBr)C(=O)C1CC1(C)C. The van der Waals surface area contributed by atoms with E-state index in [-0.39, 0.29) is 11.3 Å². The summed E-state index contributed by atoms with van der Waals surface area (Å²) in [6, 6.07) is 0. The molecule has 1 rings (SSSR count). The van der Waals surface area contributed by atoms with Gasteiger partial charge in [0.05, 0.1) is 0 Å². The Kier molecular flexibility index (Phi) is 3.99. The van der Waals surface area contributed by atoms with E-state index in [1.54, 1.807) is 0 Å². The van der Waals surface area contributed by atoms with Crippen LogP contribution in [-0.4, -0.2) is 29.2 Å². The topological polar surface area (TPSA) is 20.3 Å². The molecule has 14 heavy (non-hydrogen) atoms. The second-order valence-corrected chi connectivity index (χ2v) is 5.50. The van der Waals surface area contributed by atoms with Gasteiger partial charge in [-0.3, -0.25) is 4.79 Å². The minimum absolute atomic E-state index is 0.263. The van der Waals surface area contributed by atoms with Crippen LogP contribution in [-0.2, 0) is 4.79 Å². The maximum atomic E-state index is 12.0. The van der Waals surface area contributed by atoms with Gasteiger partial charge in [0.1, 0.15) is 0 Å². The Hall–Kier alpha value is -0.0500. The van der Waals surface area contributed by atoms with Crippen molar-refractivity contribution in [2.75, 3.05) is 18.4 Å². The number of rotatable bonds is 5. The Morgan fingerprint density at radius 3 is 2.50 bits per heavy atom. The molecule has 0 bridgehead atoms. The van der Waals surface area contributed by atoms with Crippen LogP contribution >= 0.6 is 15.9 Å². The predicted molar refractivity (Wildman–Crippen MR) is 62.6 cm³/mol. The van der Waals surface area contributed by atoms with Crippen molar-refractivity contribution >= 4 is 21.8 Å². The Morgan fingerprint density at radius 2 is 2.14 bits per heavy atom. The molecule has 0 aliphatic heterocycles. The molecule has 1 aliphatic carbocycles. The van der Waals surface area contributed by atoms with Gasteiger partial charge < -0.3 is 4.90 Å². The van der Waals surface area contributed by atoms with Crippen molar-refractivity contribution in [1.29, 1.82) is 0 Å². The van der Waals surface area contributed by atoms with Crippen molar-refractivity contribution in [3.8, 4) is 0 Å². The van der Waals surface area contributed by atoms with Gasteiger partial charge in [-0.2, -0.15) is 0 Å². The predicted octanol–water partition coefficient (Wildman–Crippen LogP) is 2.67. The average Bonchev–Trinajstić information content (AvgIpc) is 2.76. The van der Waals surface area contributed by atoms with Gasteiger partial charge in [0.25, 0.3) is 0 Å². The van der Waals surface area contributed by atoms with E-state index in [1.807, 2.05) is 4.90 Å². The van der Waals surface area contributed by atoms with Crippen LogP contribution in [0.5, 0.6) is 0 Å². The van der Waals surface area contributed by atoms with Crippen LogP contribution in [0.4, 0.5) is 0 Å². The number of halogens is 1. The standard InChI is InChI=1S/C11H20BrNO/c1-4-13(7-5-6-12)10(14)9-8-11(9,2)3/h9H,4-8H2,1-3H3. The Labute approximate surface area is 95.2 Å². The molecule has 1 amide bonds. The number of alkyl halides is 1. The first-order chi connectivity index (χ1) is 6.53. The van der Waals surface area contributed by atoms with E-state index in [9.17, 15) is 4.79 Å². The molecule has 0 radical (unpaired) electrons. The van der Waals surface area contributed by atoms with Crippen molar-refractivity contribution < 1.29 is 4.79 Å². The molecule has 0 aromatic rings. The zero-order valence-electron chi connectivity index (χ0n) is 9.35. The van der Waals surface area contributed by atoms with Crippen LogP contribution in [0.25, 0.3) is 0 Å². The molecule has 0 spiro atoms. The van der Waals surface area contributed by atoms with Gasteiger partial charge in [-0.1, -0.05) is 29.8 Å². The van der Waals surface area contributed by atoms with E-state index < -0.39 is 0 Å². The molecule has 2 nitrogen and oxygen atoms in total. The average molecular weight is 262 g/mol. The van der Waals surface area contributed by atoms with Crippen LogP contribution in [0.1, 0.15) is 33.6 Å². The molecule has 1 fully saturated rings. The number of carbonyl (C=O) groups is 1. The zero-order chi connectivity index (χ0) is 10.8. The van der Waals surface area contributed by atoms with Crippen LogP contribution in [0.2, 0.25) is 0 Å². The van der Waals surface area contributed by atoms with E-state index in [2.05, 4.69) is 36.7 Å². The van der Waals surface area contributed by atoms with Crippen molar-refractivity contribution in [3.05, 3.63) is 0 Å². The maximum absolute atomic E-state index is 12.0. The minimum atomic E-state index is 0.263. The molecule has 82 valence electrons. The molecule has 0 saturated heterocycles.